The molecular weight excluding hydrogens is 168 g/mol. The van der Waals surface area contributed by atoms with Crippen molar-refractivity contribution in [2.75, 3.05) is 0 Å². The number of carbonyl (C=O) groups is 1. The Bertz CT molecular complexity index is 177. The quantitative estimate of drug-likeness (QED) is 0.704. The van der Waals surface area contributed by atoms with E-state index in [-0.39, 0.29) is 5.92 Å². The van der Waals surface area contributed by atoms with Crippen molar-refractivity contribution in [2.24, 2.45) is 11.8 Å². The van der Waals surface area contributed by atoms with Gasteiger partial charge in [0.05, 0.1) is 12.0 Å². The summed E-state index contributed by atoms with van der Waals surface area (Å²) in [6.07, 6.45) is 3.88. The Morgan fingerprint density at radius 1 is 1.46 bits per heavy atom. The highest BCUT2D eigenvalue weighted by Crippen LogP contribution is 2.33. The first-order chi connectivity index (χ1) is 6.16. The molecule has 13 heavy (non-hydrogen) atoms. The molecule has 1 fully saturated rings. The zero-order chi connectivity index (χ0) is 9.84. The van der Waals surface area contributed by atoms with Crippen molar-refractivity contribution in [1.29, 1.82) is 0 Å². The monoisotopic (exact) mass is 186 g/mol. The van der Waals surface area contributed by atoms with Gasteiger partial charge in [-0.15, -0.1) is 0 Å². The van der Waals surface area contributed by atoms with Crippen molar-refractivity contribution in [3.05, 3.63) is 0 Å². The number of carboxylic acids is 1. The summed E-state index contributed by atoms with van der Waals surface area (Å²) in [5.41, 5.74) is 0. The third-order valence-corrected chi connectivity index (χ3v) is 2.94. The fraction of sp³-hybridized carbons (Fsp3) is 0.900. The van der Waals surface area contributed by atoms with E-state index in [1.807, 2.05) is 0 Å². The van der Waals surface area contributed by atoms with E-state index < -0.39 is 18.0 Å². The Hall–Kier alpha value is -0.570. The van der Waals surface area contributed by atoms with Gasteiger partial charge in [0.15, 0.2) is 0 Å². The highest BCUT2D eigenvalue weighted by atomic mass is 16.4. The van der Waals surface area contributed by atoms with Crippen LogP contribution in [-0.2, 0) is 4.79 Å². The number of hydrogen-bond donors (Lipinski definition) is 2. The van der Waals surface area contributed by atoms with Gasteiger partial charge in [0.25, 0.3) is 0 Å². The number of aliphatic hydroxyl groups is 1. The van der Waals surface area contributed by atoms with Crippen LogP contribution in [-0.4, -0.2) is 22.3 Å². The number of rotatable bonds is 3. The van der Waals surface area contributed by atoms with Gasteiger partial charge in [-0.25, -0.2) is 0 Å². The number of aliphatic hydroxyl groups excluding tert-OH is 1. The Morgan fingerprint density at radius 2 is 2.15 bits per heavy atom. The Labute approximate surface area is 78.8 Å². The zero-order valence-electron chi connectivity index (χ0n) is 8.07. The maximum Gasteiger partial charge on any atom is 0.309 e. The van der Waals surface area contributed by atoms with Crippen LogP contribution in [0.25, 0.3) is 0 Å². The van der Waals surface area contributed by atoms with E-state index in [4.69, 9.17) is 5.11 Å². The van der Waals surface area contributed by atoms with Crippen molar-refractivity contribution in [3.8, 4) is 0 Å². The molecule has 0 aliphatic heterocycles. The van der Waals surface area contributed by atoms with Gasteiger partial charge in [-0.1, -0.05) is 19.8 Å². The predicted octanol–water partition coefficient (Wildman–Crippen LogP) is 1.65. The molecular formula is C10H18O3. The average molecular weight is 186 g/mol. The lowest BCUT2D eigenvalue weighted by Gasteiger charge is -2.32. The standard InChI is InChI=1S/C10H18O3/c1-2-4-7-5-3-6-8(11)9(7)10(12)13/h7-9,11H,2-6H2,1H3,(H,12,13). The van der Waals surface area contributed by atoms with Crippen LogP contribution in [0.1, 0.15) is 39.0 Å². The van der Waals surface area contributed by atoms with E-state index in [1.54, 1.807) is 0 Å². The molecule has 3 atom stereocenters. The average Bonchev–Trinajstić information content (AvgIpc) is 2.04. The molecule has 1 saturated carbocycles. The van der Waals surface area contributed by atoms with Crippen molar-refractivity contribution >= 4 is 5.97 Å². The van der Waals surface area contributed by atoms with E-state index in [2.05, 4.69) is 6.92 Å². The van der Waals surface area contributed by atoms with Gasteiger partial charge in [0.2, 0.25) is 0 Å². The molecule has 2 N–H and O–H groups in total. The summed E-state index contributed by atoms with van der Waals surface area (Å²) in [5, 5.41) is 18.5. The summed E-state index contributed by atoms with van der Waals surface area (Å²) in [5.74, 6) is -1.16. The second kappa shape index (κ2) is 4.61. The Morgan fingerprint density at radius 3 is 2.69 bits per heavy atom. The molecule has 0 aromatic carbocycles. The number of carboxylic acid groups (broad SMARTS) is 1. The molecule has 3 heteroatoms. The van der Waals surface area contributed by atoms with E-state index in [9.17, 15) is 9.90 Å². The summed E-state index contributed by atoms with van der Waals surface area (Å²) in [7, 11) is 0. The first-order valence-corrected chi connectivity index (χ1v) is 5.07. The van der Waals surface area contributed by atoms with Gasteiger partial charge in [-0.2, -0.15) is 0 Å². The largest absolute Gasteiger partial charge is 0.481 e. The molecule has 0 amide bonds. The molecule has 1 aliphatic carbocycles. The van der Waals surface area contributed by atoms with Gasteiger partial charge < -0.3 is 10.2 Å². The molecule has 0 aromatic heterocycles. The third-order valence-electron chi connectivity index (χ3n) is 2.94. The van der Waals surface area contributed by atoms with Gasteiger partial charge in [-0.05, 0) is 25.2 Å². The van der Waals surface area contributed by atoms with Gasteiger partial charge >= 0.3 is 5.97 Å². The van der Waals surface area contributed by atoms with E-state index in [1.165, 1.54) is 0 Å². The van der Waals surface area contributed by atoms with E-state index in [0.717, 1.165) is 25.7 Å². The zero-order valence-corrected chi connectivity index (χ0v) is 8.07. The van der Waals surface area contributed by atoms with E-state index >= 15 is 0 Å². The van der Waals surface area contributed by atoms with Crippen LogP contribution in [0, 0.1) is 11.8 Å². The second-order valence-electron chi connectivity index (χ2n) is 3.91. The van der Waals surface area contributed by atoms with Crippen molar-refractivity contribution in [1.82, 2.24) is 0 Å². The van der Waals surface area contributed by atoms with Crippen LogP contribution in [0.5, 0.6) is 0 Å². The van der Waals surface area contributed by atoms with Crippen molar-refractivity contribution in [2.45, 2.75) is 45.1 Å². The first kappa shape index (κ1) is 10.5. The third kappa shape index (κ3) is 2.44. The summed E-state index contributed by atoms with van der Waals surface area (Å²) in [6.45, 7) is 2.06. The van der Waals surface area contributed by atoms with Gasteiger partial charge in [-0.3, -0.25) is 4.79 Å². The smallest absolute Gasteiger partial charge is 0.309 e. The fourth-order valence-corrected chi connectivity index (χ4v) is 2.32. The Balaban J connectivity index is 2.62. The predicted molar refractivity (Wildman–Crippen MR) is 49.4 cm³/mol. The van der Waals surface area contributed by atoms with Crippen LogP contribution in [0.2, 0.25) is 0 Å². The number of hydrogen-bond acceptors (Lipinski definition) is 2. The van der Waals surface area contributed by atoms with Gasteiger partial charge in [0.1, 0.15) is 0 Å². The highest BCUT2D eigenvalue weighted by Gasteiger charge is 2.36. The second-order valence-corrected chi connectivity index (χ2v) is 3.91. The topological polar surface area (TPSA) is 57.5 Å². The lowest BCUT2D eigenvalue weighted by atomic mass is 9.75. The highest BCUT2D eigenvalue weighted by molar-refractivity contribution is 5.71. The minimum atomic E-state index is -0.828. The minimum Gasteiger partial charge on any atom is -0.481 e. The summed E-state index contributed by atoms with van der Waals surface area (Å²) < 4.78 is 0. The summed E-state index contributed by atoms with van der Waals surface area (Å²) >= 11 is 0. The summed E-state index contributed by atoms with van der Waals surface area (Å²) in [4.78, 5) is 10.9. The van der Waals surface area contributed by atoms with Crippen LogP contribution >= 0.6 is 0 Å². The minimum absolute atomic E-state index is 0.186. The lowest BCUT2D eigenvalue weighted by Crippen LogP contribution is -2.38. The summed E-state index contributed by atoms with van der Waals surface area (Å²) in [6, 6.07) is 0. The maximum atomic E-state index is 10.9. The van der Waals surface area contributed by atoms with Crippen LogP contribution in [0.15, 0.2) is 0 Å². The Kier molecular flexibility index (Phi) is 3.72. The van der Waals surface area contributed by atoms with E-state index in [0.29, 0.717) is 6.42 Å². The maximum absolute atomic E-state index is 10.9. The lowest BCUT2D eigenvalue weighted by molar-refractivity contribution is -0.150. The van der Waals surface area contributed by atoms with Crippen LogP contribution in [0.4, 0.5) is 0 Å². The molecule has 76 valence electrons. The van der Waals surface area contributed by atoms with Crippen molar-refractivity contribution in [3.63, 3.8) is 0 Å². The molecule has 0 radical (unpaired) electrons. The van der Waals surface area contributed by atoms with Gasteiger partial charge in [0, 0.05) is 0 Å². The van der Waals surface area contributed by atoms with Crippen LogP contribution < -0.4 is 0 Å². The molecule has 3 unspecified atom stereocenters. The molecule has 0 spiro atoms. The molecule has 1 aliphatic rings. The molecule has 3 nitrogen and oxygen atoms in total. The molecule has 0 saturated heterocycles. The first-order valence-electron chi connectivity index (χ1n) is 5.07. The molecule has 0 bridgehead atoms. The number of aliphatic carboxylic acids is 1. The SMILES string of the molecule is CCCC1CCCC(O)C1C(=O)O. The molecule has 0 heterocycles. The fourth-order valence-electron chi connectivity index (χ4n) is 2.32. The molecule has 1 rings (SSSR count). The molecule has 0 aromatic rings. The normalized spacial score (nSPS) is 34.5. The van der Waals surface area contributed by atoms with Crippen LogP contribution in [0.3, 0.4) is 0 Å². The van der Waals surface area contributed by atoms with Crippen molar-refractivity contribution < 1.29 is 15.0 Å².